The zero-order valence-corrected chi connectivity index (χ0v) is 11.5. The Morgan fingerprint density at radius 2 is 2.33 bits per heavy atom. The molecule has 1 fully saturated rings. The van der Waals surface area contributed by atoms with Crippen LogP contribution in [-0.4, -0.2) is 35.0 Å². The minimum atomic E-state index is 0.0844. The molecule has 0 aromatic carbocycles. The lowest BCUT2D eigenvalue weighted by molar-refractivity contribution is 0.0181. The second kappa shape index (κ2) is 4.70. The molecule has 0 N–H and O–H groups in total. The second-order valence-electron chi connectivity index (χ2n) is 4.16. The van der Waals surface area contributed by atoms with Crippen molar-refractivity contribution in [3.8, 4) is 5.19 Å². The van der Waals surface area contributed by atoms with Crippen molar-refractivity contribution in [3.05, 3.63) is 33.5 Å². The lowest BCUT2D eigenvalue weighted by atomic mass is 10.1. The molecule has 18 heavy (non-hydrogen) atoms. The van der Waals surface area contributed by atoms with Crippen molar-refractivity contribution in [1.82, 2.24) is 9.88 Å². The molecule has 0 spiro atoms. The van der Waals surface area contributed by atoms with Crippen LogP contribution in [0.3, 0.4) is 0 Å². The number of ether oxygens (including phenoxy) is 1. The highest BCUT2D eigenvalue weighted by molar-refractivity contribution is 7.14. The molecule has 0 aliphatic carbocycles. The van der Waals surface area contributed by atoms with Gasteiger partial charge in [-0.15, -0.1) is 11.3 Å². The third-order valence-electron chi connectivity index (χ3n) is 2.76. The molecule has 0 atom stereocenters. The first-order valence-corrected chi connectivity index (χ1v) is 7.34. The summed E-state index contributed by atoms with van der Waals surface area (Å²) in [5.74, 6) is 0.104. The van der Waals surface area contributed by atoms with Crippen LogP contribution in [-0.2, 0) is 0 Å². The predicted molar refractivity (Wildman–Crippen MR) is 71.5 cm³/mol. The quantitative estimate of drug-likeness (QED) is 0.867. The van der Waals surface area contributed by atoms with Crippen LogP contribution >= 0.6 is 22.7 Å². The van der Waals surface area contributed by atoms with Crippen molar-refractivity contribution < 1.29 is 9.53 Å². The molecule has 0 radical (unpaired) electrons. The van der Waals surface area contributed by atoms with Gasteiger partial charge >= 0.3 is 0 Å². The van der Waals surface area contributed by atoms with Gasteiger partial charge < -0.3 is 9.64 Å². The standard InChI is InChI=1S/C12H12N2O2S2/c1-8-2-3-10(18-8)11(15)14-6-9(7-14)16-12-13-4-5-17-12/h2-5,9H,6-7H2,1H3. The highest BCUT2D eigenvalue weighted by Crippen LogP contribution is 2.23. The summed E-state index contributed by atoms with van der Waals surface area (Å²) < 4.78 is 5.63. The first-order chi connectivity index (χ1) is 8.72. The van der Waals surface area contributed by atoms with Crippen LogP contribution in [0.25, 0.3) is 0 Å². The van der Waals surface area contributed by atoms with E-state index in [0.717, 1.165) is 9.75 Å². The van der Waals surface area contributed by atoms with Crippen LogP contribution < -0.4 is 4.74 Å². The molecule has 0 bridgehead atoms. The Labute approximate surface area is 113 Å². The van der Waals surface area contributed by atoms with Crippen LogP contribution in [0.15, 0.2) is 23.7 Å². The Kier molecular flexibility index (Phi) is 3.05. The number of aromatic nitrogens is 1. The van der Waals surface area contributed by atoms with E-state index in [1.807, 2.05) is 29.3 Å². The number of likely N-dealkylation sites (tertiary alicyclic amines) is 1. The monoisotopic (exact) mass is 280 g/mol. The van der Waals surface area contributed by atoms with E-state index in [-0.39, 0.29) is 12.0 Å². The van der Waals surface area contributed by atoms with Crippen molar-refractivity contribution in [3.63, 3.8) is 0 Å². The van der Waals surface area contributed by atoms with E-state index in [1.54, 1.807) is 6.20 Å². The summed E-state index contributed by atoms with van der Waals surface area (Å²) in [6.07, 6.45) is 1.80. The van der Waals surface area contributed by atoms with E-state index in [1.165, 1.54) is 22.7 Å². The third-order valence-corrected chi connectivity index (χ3v) is 4.41. The molecule has 94 valence electrons. The average Bonchev–Trinajstić information content (AvgIpc) is 2.93. The molecule has 0 unspecified atom stereocenters. The van der Waals surface area contributed by atoms with Gasteiger partial charge in [-0.05, 0) is 19.1 Å². The summed E-state index contributed by atoms with van der Waals surface area (Å²) in [5.41, 5.74) is 0. The van der Waals surface area contributed by atoms with Crippen molar-refractivity contribution >= 4 is 28.6 Å². The van der Waals surface area contributed by atoms with Gasteiger partial charge in [-0.1, -0.05) is 11.3 Å². The molecule has 4 nitrogen and oxygen atoms in total. The molecule has 0 saturated carbocycles. The maximum absolute atomic E-state index is 12.1. The number of rotatable bonds is 3. The van der Waals surface area contributed by atoms with Crippen molar-refractivity contribution in [2.24, 2.45) is 0 Å². The fourth-order valence-corrected chi connectivity index (χ4v) is 3.18. The normalized spacial score (nSPS) is 15.5. The van der Waals surface area contributed by atoms with Crippen LogP contribution in [0.4, 0.5) is 0 Å². The van der Waals surface area contributed by atoms with Crippen LogP contribution in [0, 0.1) is 6.92 Å². The topological polar surface area (TPSA) is 42.4 Å². The van der Waals surface area contributed by atoms with Gasteiger partial charge in [0, 0.05) is 16.5 Å². The smallest absolute Gasteiger partial charge is 0.273 e. The molecule has 1 aliphatic heterocycles. The number of hydrogen-bond acceptors (Lipinski definition) is 5. The molecule has 1 saturated heterocycles. The minimum absolute atomic E-state index is 0.0844. The van der Waals surface area contributed by atoms with Crippen molar-refractivity contribution in [2.45, 2.75) is 13.0 Å². The largest absolute Gasteiger partial charge is 0.463 e. The zero-order chi connectivity index (χ0) is 12.5. The van der Waals surface area contributed by atoms with Gasteiger partial charge in [-0.25, -0.2) is 4.98 Å². The summed E-state index contributed by atoms with van der Waals surface area (Å²) in [7, 11) is 0. The molecule has 3 rings (SSSR count). The predicted octanol–water partition coefficient (Wildman–Crippen LogP) is 2.42. The Bertz CT molecular complexity index is 544. The van der Waals surface area contributed by atoms with Gasteiger partial charge in [0.15, 0.2) is 0 Å². The number of hydrogen-bond donors (Lipinski definition) is 0. The van der Waals surface area contributed by atoms with E-state index in [0.29, 0.717) is 18.3 Å². The molecule has 6 heteroatoms. The first-order valence-electron chi connectivity index (χ1n) is 5.64. The second-order valence-corrected chi connectivity index (χ2v) is 6.30. The van der Waals surface area contributed by atoms with E-state index in [9.17, 15) is 4.79 Å². The van der Waals surface area contributed by atoms with Crippen LogP contribution in [0.5, 0.6) is 5.19 Å². The zero-order valence-electron chi connectivity index (χ0n) is 9.83. The average molecular weight is 280 g/mol. The summed E-state index contributed by atoms with van der Waals surface area (Å²) in [4.78, 5) is 19.9. The highest BCUT2D eigenvalue weighted by atomic mass is 32.1. The van der Waals surface area contributed by atoms with Crippen molar-refractivity contribution in [1.29, 1.82) is 0 Å². The summed E-state index contributed by atoms with van der Waals surface area (Å²) in [5, 5.41) is 2.56. The van der Waals surface area contributed by atoms with Crippen LogP contribution in [0.2, 0.25) is 0 Å². The summed E-state index contributed by atoms with van der Waals surface area (Å²) in [6.45, 7) is 3.30. The maximum Gasteiger partial charge on any atom is 0.273 e. The number of aryl methyl sites for hydroxylation is 1. The van der Waals surface area contributed by atoms with E-state index >= 15 is 0 Å². The highest BCUT2D eigenvalue weighted by Gasteiger charge is 2.33. The summed E-state index contributed by atoms with van der Waals surface area (Å²) >= 11 is 3.01. The maximum atomic E-state index is 12.1. The molecule has 3 heterocycles. The number of carbonyl (C=O) groups excluding carboxylic acids is 1. The van der Waals surface area contributed by atoms with Gasteiger partial charge in [0.05, 0.1) is 18.0 Å². The van der Waals surface area contributed by atoms with Gasteiger partial charge in [0.2, 0.25) is 0 Å². The minimum Gasteiger partial charge on any atom is -0.463 e. The molecule has 2 aromatic heterocycles. The Hall–Kier alpha value is -1.40. The number of nitrogens with zero attached hydrogens (tertiary/aromatic N) is 2. The SMILES string of the molecule is Cc1ccc(C(=O)N2CC(Oc3nccs3)C2)s1. The van der Waals surface area contributed by atoms with E-state index in [2.05, 4.69) is 4.98 Å². The summed E-state index contributed by atoms with van der Waals surface area (Å²) in [6, 6.07) is 3.86. The Morgan fingerprint density at radius 3 is 2.94 bits per heavy atom. The van der Waals surface area contributed by atoms with E-state index in [4.69, 9.17) is 4.74 Å². The van der Waals surface area contributed by atoms with Crippen LogP contribution in [0.1, 0.15) is 14.5 Å². The number of thiazole rings is 1. The number of amides is 1. The molecular weight excluding hydrogens is 268 g/mol. The van der Waals surface area contributed by atoms with Gasteiger partial charge in [0.25, 0.3) is 11.1 Å². The first kappa shape index (κ1) is 11.7. The van der Waals surface area contributed by atoms with Crippen molar-refractivity contribution in [2.75, 3.05) is 13.1 Å². The fraction of sp³-hybridized carbons (Fsp3) is 0.333. The van der Waals surface area contributed by atoms with E-state index < -0.39 is 0 Å². The molecular formula is C12H12N2O2S2. The molecule has 1 amide bonds. The van der Waals surface area contributed by atoms with Gasteiger partial charge in [0.1, 0.15) is 6.10 Å². The van der Waals surface area contributed by atoms with Gasteiger partial charge in [-0.2, -0.15) is 0 Å². The Balaban J connectivity index is 1.54. The number of thiophene rings is 1. The lowest BCUT2D eigenvalue weighted by Crippen LogP contribution is -2.56. The lowest BCUT2D eigenvalue weighted by Gasteiger charge is -2.37. The third kappa shape index (κ3) is 2.26. The molecule has 1 aliphatic rings. The fourth-order valence-electron chi connectivity index (χ4n) is 1.79. The van der Waals surface area contributed by atoms with Gasteiger partial charge in [-0.3, -0.25) is 4.79 Å². The Morgan fingerprint density at radius 1 is 1.50 bits per heavy atom. The number of carbonyl (C=O) groups is 1. The molecule has 2 aromatic rings.